The van der Waals surface area contributed by atoms with Crippen LogP contribution in [-0.4, -0.2) is 29.7 Å². The summed E-state index contributed by atoms with van der Waals surface area (Å²) in [6, 6.07) is 8.54. The Balaban J connectivity index is 1.78. The van der Waals surface area contributed by atoms with Crippen molar-refractivity contribution >= 4 is 37.2 Å². The van der Waals surface area contributed by atoms with E-state index in [1.54, 1.807) is 11.3 Å². The van der Waals surface area contributed by atoms with E-state index >= 15 is 0 Å². The van der Waals surface area contributed by atoms with Crippen LogP contribution in [0.1, 0.15) is 30.0 Å². The normalized spacial score (nSPS) is 26.0. The first-order chi connectivity index (χ1) is 13.9. The first kappa shape index (κ1) is 20.9. The highest BCUT2D eigenvalue weighted by atomic mass is 32.2. The van der Waals surface area contributed by atoms with Gasteiger partial charge in [-0.1, -0.05) is 6.07 Å². The van der Waals surface area contributed by atoms with Gasteiger partial charge in [-0.3, -0.25) is 4.99 Å². The van der Waals surface area contributed by atoms with Crippen LogP contribution in [0.25, 0.3) is 10.2 Å². The van der Waals surface area contributed by atoms with Crippen molar-refractivity contribution in [1.29, 1.82) is 0 Å². The van der Waals surface area contributed by atoms with E-state index in [1.807, 2.05) is 25.1 Å². The molecule has 4 rings (SSSR count). The number of aryl methyl sites for hydroxylation is 1. The minimum Gasteiger partial charge on any atom is -0.386 e. The maximum absolute atomic E-state index is 14.4. The molecule has 2 atom stereocenters. The van der Waals surface area contributed by atoms with Gasteiger partial charge in [-0.25, -0.2) is 22.2 Å². The van der Waals surface area contributed by atoms with Gasteiger partial charge in [-0.15, -0.1) is 11.3 Å². The average Bonchev–Trinajstić information content (AvgIpc) is 3.01. The molecule has 0 radical (unpaired) electrons. The molecule has 0 saturated heterocycles. The number of amidine groups is 1. The zero-order chi connectivity index (χ0) is 21.9. The second-order valence-corrected chi connectivity index (χ2v) is 11.8. The second-order valence-electron chi connectivity index (χ2n) is 8.10. The van der Waals surface area contributed by atoms with E-state index in [0.29, 0.717) is 0 Å². The number of nitrogens with zero attached hydrogens (tertiary/aromatic N) is 2. The van der Waals surface area contributed by atoms with E-state index in [2.05, 4.69) is 9.98 Å². The molecule has 158 valence electrons. The highest BCUT2D eigenvalue weighted by Gasteiger charge is 2.52. The Hall–Kier alpha value is -2.39. The molecular weight excluding hydrogens is 428 g/mol. The Morgan fingerprint density at radius 2 is 1.90 bits per heavy atom. The third kappa shape index (κ3) is 3.30. The van der Waals surface area contributed by atoms with Gasteiger partial charge in [-0.05, 0) is 63.1 Å². The number of aromatic nitrogens is 1. The Bertz CT molecular complexity index is 1300. The van der Waals surface area contributed by atoms with Crippen molar-refractivity contribution in [1.82, 2.24) is 4.98 Å². The quantitative estimate of drug-likeness (QED) is 0.658. The van der Waals surface area contributed by atoms with Gasteiger partial charge in [0, 0.05) is 5.56 Å². The summed E-state index contributed by atoms with van der Waals surface area (Å²) in [5.41, 5.74) is 6.12. The topological polar surface area (TPSA) is 85.4 Å². The number of hydrogen-bond donors (Lipinski definition) is 1. The summed E-state index contributed by atoms with van der Waals surface area (Å²) in [4.78, 5) is 8.85. The van der Waals surface area contributed by atoms with Crippen molar-refractivity contribution in [2.24, 2.45) is 10.7 Å². The van der Waals surface area contributed by atoms with Gasteiger partial charge < -0.3 is 5.73 Å². The molecule has 30 heavy (non-hydrogen) atoms. The molecular formula is C21H21F2N3O2S2. The van der Waals surface area contributed by atoms with E-state index in [4.69, 9.17) is 5.73 Å². The lowest BCUT2D eigenvalue weighted by Gasteiger charge is -2.40. The first-order valence-corrected chi connectivity index (χ1v) is 11.8. The van der Waals surface area contributed by atoms with Gasteiger partial charge in [0.2, 0.25) is 0 Å². The monoisotopic (exact) mass is 449 g/mol. The molecule has 2 heterocycles. The van der Waals surface area contributed by atoms with Crippen LogP contribution in [0.2, 0.25) is 0 Å². The van der Waals surface area contributed by atoms with E-state index < -0.39 is 37.5 Å². The lowest BCUT2D eigenvalue weighted by Crippen LogP contribution is -2.57. The summed E-state index contributed by atoms with van der Waals surface area (Å²) in [7, 11) is -3.87. The standard InChI is InChI=1S/C21H21F2N3O2S2/c1-12-25-17-8-13(4-7-18(17)29-12)10-21(3)19(24)26-20(2,11-30(21,27)28)15-9-14(22)5-6-16(15)23/h4-9H,10-11H2,1-3H3,(H2,24,26)/t20-,21?/m0/s1. The largest absolute Gasteiger partial charge is 0.386 e. The predicted molar refractivity (Wildman–Crippen MR) is 116 cm³/mol. The predicted octanol–water partition coefficient (Wildman–Crippen LogP) is 3.89. The van der Waals surface area contributed by atoms with Crippen molar-refractivity contribution in [3.05, 3.63) is 64.2 Å². The smallest absolute Gasteiger partial charge is 0.165 e. The summed E-state index contributed by atoms with van der Waals surface area (Å²) >= 11 is 1.56. The van der Waals surface area contributed by atoms with Gasteiger partial charge in [0.15, 0.2) is 9.84 Å². The van der Waals surface area contributed by atoms with Crippen LogP contribution < -0.4 is 5.73 Å². The van der Waals surface area contributed by atoms with E-state index in [1.165, 1.54) is 13.8 Å². The number of fused-ring (bicyclic) bond motifs is 1. The lowest BCUT2D eigenvalue weighted by atomic mass is 9.92. The zero-order valence-electron chi connectivity index (χ0n) is 16.7. The van der Waals surface area contributed by atoms with Crippen LogP contribution in [0, 0.1) is 18.6 Å². The highest BCUT2D eigenvalue weighted by molar-refractivity contribution is 7.93. The van der Waals surface area contributed by atoms with Gasteiger partial charge in [0.25, 0.3) is 0 Å². The minimum atomic E-state index is -3.87. The third-order valence-electron chi connectivity index (χ3n) is 5.68. The Kier molecular flexibility index (Phi) is 4.74. The third-order valence-corrected chi connectivity index (χ3v) is 9.30. The van der Waals surface area contributed by atoms with Crippen LogP contribution in [0.5, 0.6) is 0 Å². The van der Waals surface area contributed by atoms with Crippen molar-refractivity contribution in [2.45, 2.75) is 37.5 Å². The number of hydrogen-bond acceptors (Lipinski definition) is 6. The van der Waals surface area contributed by atoms with Crippen LogP contribution in [0.15, 0.2) is 41.4 Å². The molecule has 0 aliphatic carbocycles. The molecule has 0 spiro atoms. The summed E-state index contributed by atoms with van der Waals surface area (Å²) in [5.74, 6) is -1.98. The number of sulfone groups is 1. The SMILES string of the molecule is Cc1nc2cc(CC3(C)C(N)=N[C@](C)(c4cc(F)ccc4F)CS3(=O)=O)ccc2s1. The molecule has 3 aromatic rings. The zero-order valence-corrected chi connectivity index (χ0v) is 18.4. The maximum Gasteiger partial charge on any atom is 0.165 e. The van der Waals surface area contributed by atoms with Crippen LogP contribution >= 0.6 is 11.3 Å². The van der Waals surface area contributed by atoms with E-state index in [9.17, 15) is 17.2 Å². The molecule has 1 unspecified atom stereocenters. The summed E-state index contributed by atoms with van der Waals surface area (Å²) in [5, 5.41) is 0.924. The molecule has 1 aliphatic rings. The van der Waals surface area contributed by atoms with Crippen molar-refractivity contribution in [3.63, 3.8) is 0 Å². The number of rotatable bonds is 3. The molecule has 0 saturated carbocycles. The Labute approximate surface area is 177 Å². The van der Waals surface area contributed by atoms with E-state index in [-0.39, 0.29) is 17.8 Å². The Morgan fingerprint density at radius 3 is 2.60 bits per heavy atom. The Morgan fingerprint density at radius 1 is 1.17 bits per heavy atom. The van der Waals surface area contributed by atoms with Gasteiger partial charge in [-0.2, -0.15) is 0 Å². The van der Waals surface area contributed by atoms with E-state index in [0.717, 1.165) is 39.0 Å². The molecule has 5 nitrogen and oxygen atoms in total. The first-order valence-electron chi connectivity index (χ1n) is 9.33. The molecule has 0 bridgehead atoms. The number of thiazole rings is 1. The summed E-state index contributed by atoms with van der Waals surface area (Å²) in [6.07, 6.45) is 0.110. The molecule has 0 fully saturated rings. The number of aliphatic imine (C=N–C) groups is 1. The molecule has 2 aromatic carbocycles. The number of benzene rings is 2. The fourth-order valence-corrected chi connectivity index (χ4v) is 6.78. The minimum absolute atomic E-state index is 0.110. The molecule has 1 aromatic heterocycles. The van der Waals surface area contributed by atoms with Gasteiger partial charge in [0.05, 0.1) is 21.0 Å². The highest BCUT2D eigenvalue weighted by Crippen LogP contribution is 2.39. The van der Waals surface area contributed by atoms with Gasteiger partial charge in [0.1, 0.15) is 27.8 Å². The number of halogens is 2. The van der Waals surface area contributed by atoms with Crippen LogP contribution in [0.3, 0.4) is 0 Å². The summed E-state index contributed by atoms with van der Waals surface area (Å²) < 4.78 is 54.4. The maximum atomic E-state index is 14.4. The fraction of sp³-hybridized carbons (Fsp3) is 0.333. The lowest BCUT2D eigenvalue weighted by molar-refractivity contribution is 0.466. The molecule has 2 N–H and O–H groups in total. The van der Waals surface area contributed by atoms with Gasteiger partial charge >= 0.3 is 0 Å². The fourth-order valence-electron chi connectivity index (χ4n) is 3.94. The molecule has 1 aliphatic heterocycles. The molecule has 9 heteroatoms. The summed E-state index contributed by atoms with van der Waals surface area (Å²) in [6.45, 7) is 4.90. The number of nitrogens with two attached hydrogens (primary N) is 1. The van der Waals surface area contributed by atoms with Crippen molar-refractivity contribution in [3.8, 4) is 0 Å². The van der Waals surface area contributed by atoms with Crippen LogP contribution in [0.4, 0.5) is 8.78 Å². The van der Waals surface area contributed by atoms with Crippen LogP contribution in [-0.2, 0) is 21.8 Å². The second kappa shape index (κ2) is 6.81. The average molecular weight is 450 g/mol. The van der Waals surface area contributed by atoms with Crippen molar-refractivity contribution < 1.29 is 17.2 Å². The molecule has 0 amide bonds. The van der Waals surface area contributed by atoms with Crippen molar-refractivity contribution in [2.75, 3.05) is 5.75 Å².